The molecule has 0 aliphatic rings. The number of nitrogens with zero attached hydrogens (tertiary/aromatic N) is 1. The van der Waals surface area contributed by atoms with Gasteiger partial charge in [-0.1, -0.05) is 22.9 Å². The van der Waals surface area contributed by atoms with Gasteiger partial charge in [-0.15, -0.1) is 0 Å². The van der Waals surface area contributed by atoms with E-state index in [1.165, 1.54) is 4.68 Å². The van der Waals surface area contributed by atoms with Crippen LogP contribution < -0.4 is 11.1 Å². The van der Waals surface area contributed by atoms with Crippen molar-refractivity contribution in [2.24, 2.45) is 5.92 Å². The minimum absolute atomic E-state index is 0.0897. The van der Waals surface area contributed by atoms with Crippen molar-refractivity contribution in [1.29, 1.82) is 0 Å². The topological polar surface area (TPSA) is 54.9 Å². The van der Waals surface area contributed by atoms with Crippen LogP contribution in [0.3, 0.4) is 0 Å². The fourth-order valence-corrected chi connectivity index (χ4v) is 2.41. The molecule has 1 aromatic rings. The zero-order chi connectivity index (χ0) is 13.0. The highest BCUT2D eigenvalue weighted by Gasteiger charge is 2.08. The van der Waals surface area contributed by atoms with E-state index in [0.717, 1.165) is 18.2 Å². The van der Waals surface area contributed by atoms with Crippen LogP contribution >= 0.6 is 15.9 Å². The monoisotopic (exact) mass is 302 g/mol. The molecule has 1 aromatic heterocycles. The van der Waals surface area contributed by atoms with Gasteiger partial charge in [-0.25, -0.2) is 0 Å². The molecule has 0 saturated carbocycles. The zero-order valence-electron chi connectivity index (χ0n) is 10.5. The minimum atomic E-state index is -0.171. The van der Waals surface area contributed by atoms with E-state index < -0.39 is 0 Å². The molecule has 1 atom stereocenters. The van der Waals surface area contributed by atoms with E-state index in [9.17, 15) is 9.59 Å². The number of aromatic nitrogens is 2. The van der Waals surface area contributed by atoms with Gasteiger partial charge in [-0.2, -0.15) is 0 Å². The van der Waals surface area contributed by atoms with Crippen molar-refractivity contribution in [2.45, 2.75) is 40.2 Å². The maximum Gasteiger partial charge on any atom is 0.268 e. The van der Waals surface area contributed by atoms with Crippen molar-refractivity contribution in [1.82, 2.24) is 9.78 Å². The van der Waals surface area contributed by atoms with E-state index >= 15 is 0 Å². The molecule has 5 heteroatoms. The third kappa shape index (κ3) is 3.56. The predicted octanol–water partition coefficient (Wildman–Crippen LogP) is 1.96. The van der Waals surface area contributed by atoms with Crippen LogP contribution in [0.4, 0.5) is 0 Å². The first-order valence-electron chi connectivity index (χ1n) is 5.83. The average Bonchev–Trinajstić information content (AvgIpc) is 2.30. The number of aryl methyl sites for hydroxylation is 1. The van der Waals surface area contributed by atoms with E-state index in [1.807, 2.05) is 0 Å². The summed E-state index contributed by atoms with van der Waals surface area (Å²) >= 11 is 3.40. The lowest BCUT2D eigenvalue weighted by Crippen LogP contribution is -2.33. The highest BCUT2D eigenvalue weighted by atomic mass is 79.9. The second kappa shape index (κ2) is 6.19. The van der Waals surface area contributed by atoms with E-state index in [4.69, 9.17) is 0 Å². The first-order chi connectivity index (χ1) is 7.97. The van der Waals surface area contributed by atoms with Crippen LogP contribution in [0.1, 0.15) is 30.9 Å². The fraction of sp³-hybridized carbons (Fsp3) is 0.667. The van der Waals surface area contributed by atoms with Gasteiger partial charge >= 0.3 is 0 Å². The Balaban J connectivity index is 2.86. The first-order valence-corrected chi connectivity index (χ1v) is 6.95. The molecule has 1 unspecified atom stereocenters. The number of nitrogens with one attached hydrogen (secondary N) is 1. The second-order valence-corrected chi connectivity index (χ2v) is 5.31. The van der Waals surface area contributed by atoms with Crippen LogP contribution in [0.25, 0.3) is 0 Å². The Hall–Kier alpha value is -0.840. The molecule has 4 nitrogen and oxygen atoms in total. The van der Waals surface area contributed by atoms with Crippen molar-refractivity contribution in [3.8, 4) is 0 Å². The van der Waals surface area contributed by atoms with Crippen LogP contribution in [-0.4, -0.2) is 15.1 Å². The van der Waals surface area contributed by atoms with Crippen LogP contribution in [0, 0.1) is 19.8 Å². The number of rotatable bonds is 5. The summed E-state index contributed by atoms with van der Waals surface area (Å²) < 4.78 is 1.43. The summed E-state index contributed by atoms with van der Waals surface area (Å²) in [5.74, 6) is 0.534. The van der Waals surface area contributed by atoms with Gasteiger partial charge < -0.3 is 0 Å². The van der Waals surface area contributed by atoms with Gasteiger partial charge in [0.2, 0.25) is 0 Å². The number of aromatic amines is 1. The Labute approximate surface area is 109 Å². The van der Waals surface area contributed by atoms with E-state index in [1.54, 1.807) is 13.8 Å². The molecular formula is C12H19BrN2O2. The molecule has 0 spiro atoms. The van der Waals surface area contributed by atoms with E-state index in [-0.39, 0.29) is 11.1 Å². The first kappa shape index (κ1) is 14.2. The number of halogens is 1. The number of alkyl halides is 1. The standard InChI is InChI=1S/C12H19BrN2O2/c1-8(4-6-13)5-7-15-12(17)10(3)9(2)11(16)14-15/h8H,4-7H2,1-3H3,(H,14,16). The highest BCUT2D eigenvalue weighted by molar-refractivity contribution is 9.09. The Morgan fingerprint density at radius 2 is 1.88 bits per heavy atom. The molecule has 96 valence electrons. The summed E-state index contributed by atoms with van der Waals surface area (Å²) in [5.41, 5.74) is 0.796. The molecule has 0 radical (unpaired) electrons. The van der Waals surface area contributed by atoms with Crippen LogP contribution in [0.2, 0.25) is 0 Å². The van der Waals surface area contributed by atoms with Gasteiger partial charge in [-0.05, 0) is 32.6 Å². The van der Waals surface area contributed by atoms with Gasteiger partial charge in [0.25, 0.3) is 11.1 Å². The molecule has 0 aliphatic carbocycles. The largest absolute Gasteiger partial charge is 0.268 e. The quantitative estimate of drug-likeness (QED) is 0.846. The number of hydrogen-bond acceptors (Lipinski definition) is 2. The molecule has 0 amide bonds. The third-order valence-corrected chi connectivity index (χ3v) is 3.61. The average molecular weight is 303 g/mol. The lowest BCUT2D eigenvalue weighted by molar-refractivity contribution is 0.436. The van der Waals surface area contributed by atoms with Crippen molar-refractivity contribution in [2.75, 3.05) is 5.33 Å². The van der Waals surface area contributed by atoms with Crippen LogP contribution in [0.15, 0.2) is 9.59 Å². The van der Waals surface area contributed by atoms with Crippen molar-refractivity contribution in [3.05, 3.63) is 31.8 Å². The summed E-state index contributed by atoms with van der Waals surface area (Å²) in [4.78, 5) is 23.5. The van der Waals surface area contributed by atoms with Crippen LogP contribution in [-0.2, 0) is 6.54 Å². The maximum absolute atomic E-state index is 11.9. The molecule has 0 fully saturated rings. The fourth-order valence-electron chi connectivity index (χ4n) is 1.63. The van der Waals surface area contributed by atoms with Crippen molar-refractivity contribution in [3.63, 3.8) is 0 Å². The molecular weight excluding hydrogens is 284 g/mol. The lowest BCUT2D eigenvalue weighted by Gasteiger charge is -2.12. The number of hydrogen-bond donors (Lipinski definition) is 1. The van der Waals surface area contributed by atoms with E-state index in [0.29, 0.717) is 23.6 Å². The van der Waals surface area contributed by atoms with Crippen LogP contribution in [0.5, 0.6) is 0 Å². The smallest absolute Gasteiger partial charge is 0.268 e. The van der Waals surface area contributed by atoms with E-state index in [2.05, 4.69) is 28.0 Å². The SMILES string of the molecule is Cc1c(C)c(=O)n(CCC(C)CCBr)[nH]c1=O. The van der Waals surface area contributed by atoms with Gasteiger partial charge in [0.1, 0.15) is 0 Å². The predicted molar refractivity (Wildman–Crippen MR) is 73.0 cm³/mol. The lowest BCUT2D eigenvalue weighted by atomic mass is 10.1. The molecule has 1 N–H and O–H groups in total. The molecule has 1 heterocycles. The summed E-state index contributed by atoms with van der Waals surface area (Å²) in [7, 11) is 0. The summed E-state index contributed by atoms with van der Waals surface area (Å²) in [5, 5.41) is 3.58. The maximum atomic E-state index is 11.9. The van der Waals surface area contributed by atoms with Gasteiger partial charge in [0, 0.05) is 23.0 Å². The zero-order valence-corrected chi connectivity index (χ0v) is 12.1. The summed E-state index contributed by atoms with van der Waals surface area (Å²) in [6.45, 7) is 6.09. The molecule has 0 saturated heterocycles. The molecule has 0 aliphatic heterocycles. The summed E-state index contributed by atoms with van der Waals surface area (Å²) in [6.07, 6.45) is 1.97. The van der Waals surface area contributed by atoms with Crippen molar-refractivity contribution < 1.29 is 0 Å². The Bertz CT molecular complexity index is 490. The summed E-state index contributed by atoms with van der Waals surface area (Å²) in [6, 6.07) is 0. The Kier molecular flexibility index (Phi) is 5.18. The highest BCUT2D eigenvalue weighted by Crippen LogP contribution is 2.09. The molecule has 1 rings (SSSR count). The third-order valence-electron chi connectivity index (χ3n) is 3.15. The van der Waals surface area contributed by atoms with Gasteiger partial charge in [-0.3, -0.25) is 19.4 Å². The Morgan fingerprint density at radius 1 is 1.24 bits per heavy atom. The molecule has 0 bridgehead atoms. The molecule has 0 aromatic carbocycles. The van der Waals surface area contributed by atoms with Gasteiger partial charge in [0.05, 0.1) is 0 Å². The van der Waals surface area contributed by atoms with Gasteiger partial charge in [0.15, 0.2) is 0 Å². The minimum Gasteiger partial charge on any atom is -0.268 e. The van der Waals surface area contributed by atoms with Crippen molar-refractivity contribution >= 4 is 15.9 Å². The normalized spacial score (nSPS) is 12.7. The number of H-pyrrole nitrogens is 1. The second-order valence-electron chi connectivity index (χ2n) is 4.52. The molecule has 17 heavy (non-hydrogen) atoms. The Morgan fingerprint density at radius 3 is 2.47 bits per heavy atom.